The number of carbonyl (C=O) groups excluding carboxylic acids is 2. The lowest BCUT2D eigenvalue weighted by Gasteiger charge is -2.26. The molecule has 0 spiro atoms. The summed E-state index contributed by atoms with van der Waals surface area (Å²) in [6, 6.07) is 10.3. The van der Waals surface area contributed by atoms with E-state index in [2.05, 4.69) is 10.6 Å². The highest BCUT2D eigenvalue weighted by Gasteiger charge is 2.67. The van der Waals surface area contributed by atoms with Gasteiger partial charge in [-0.25, -0.2) is 0 Å². The SMILES string of the molecule is O=C(Cc1cc(NC(=O)C2C(c3cc(Cl)cc(Cl)c3)C2(Cl)Cl)ccc1Cl)NC1CCC1. The van der Waals surface area contributed by atoms with E-state index in [0.29, 0.717) is 31.9 Å². The Morgan fingerprint density at radius 2 is 1.68 bits per heavy atom. The summed E-state index contributed by atoms with van der Waals surface area (Å²) in [7, 11) is 0. The molecule has 0 heterocycles. The van der Waals surface area contributed by atoms with Gasteiger partial charge >= 0.3 is 0 Å². The zero-order valence-corrected chi connectivity index (χ0v) is 20.0. The minimum atomic E-state index is -1.27. The van der Waals surface area contributed by atoms with Crippen molar-refractivity contribution in [3.63, 3.8) is 0 Å². The zero-order valence-electron chi connectivity index (χ0n) is 16.2. The van der Waals surface area contributed by atoms with E-state index in [0.717, 1.165) is 19.3 Å². The highest BCUT2D eigenvalue weighted by atomic mass is 35.5. The van der Waals surface area contributed by atoms with E-state index in [4.69, 9.17) is 58.0 Å². The van der Waals surface area contributed by atoms with E-state index in [1.54, 1.807) is 36.4 Å². The van der Waals surface area contributed by atoms with Crippen LogP contribution >= 0.6 is 58.0 Å². The Labute approximate surface area is 205 Å². The smallest absolute Gasteiger partial charge is 0.231 e. The van der Waals surface area contributed by atoms with Crippen LogP contribution in [0.15, 0.2) is 36.4 Å². The van der Waals surface area contributed by atoms with Crippen LogP contribution < -0.4 is 10.6 Å². The molecule has 0 radical (unpaired) electrons. The summed E-state index contributed by atoms with van der Waals surface area (Å²) in [6.45, 7) is 0. The van der Waals surface area contributed by atoms with Crippen molar-refractivity contribution in [2.75, 3.05) is 5.32 Å². The monoisotopic (exact) mass is 518 g/mol. The Bertz CT molecular complexity index is 1020. The van der Waals surface area contributed by atoms with Crippen LogP contribution in [0.4, 0.5) is 5.69 Å². The van der Waals surface area contributed by atoms with Crippen LogP contribution in [0.1, 0.15) is 36.3 Å². The van der Waals surface area contributed by atoms with E-state index in [1.807, 2.05) is 0 Å². The quantitative estimate of drug-likeness (QED) is 0.434. The van der Waals surface area contributed by atoms with Crippen molar-refractivity contribution in [2.45, 2.75) is 42.0 Å². The standard InChI is InChI=1S/C22H19Cl5N2O2/c23-13-6-12(7-14(24)10-13)19-20(22(19,26)27)21(31)29-16-4-5-17(25)11(8-16)9-18(30)28-15-2-1-3-15/h4-8,10,15,19-20H,1-3,9H2,(H,28,30)(H,29,31). The third-order valence-corrected chi connectivity index (χ3v) is 7.46. The molecule has 2 amide bonds. The first-order chi connectivity index (χ1) is 14.6. The van der Waals surface area contributed by atoms with E-state index in [9.17, 15) is 9.59 Å². The first kappa shape index (κ1) is 23.0. The van der Waals surface area contributed by atoms with E-state index < -0.39 is 16.2 Å². The van der Waals surface area contributed by atoms with Gasteiger partial charge in [0.2, 0.25) is 11.8 Å². The second-order valence-corrected chi connectivity index (χ2v) is 10.7. The Balaban J connectivity index is 1.45. The molecule has 4 rings (SSSR count). The van der Waals surface area contributed by atoms with Crippen molar-refractivity contribution in [1.29, 1.82) is 0 Å². The summed E-state index contributed by atoms with van der Waals surface area (Å²) in [5.41, 5.74) is 1.85. The lowest BCUT2D eigenvalue weighted by molar-refractivity contribution is -0.121. The fourth-order valence-electron chi connectivity index (χ4n) is 3.83. The molecule has 164 valence electrons. The number of hydrogen-bond acceptors (Lipinski definition) is 2. The van der Waals surface area contributed by atoms with Crippen LogP contribution in [-0.2, 0) is 16.0 Å². The minimum Gasteiger partial charge on any atom is -0.353 e. The van der Waals surface area contributed by atoms with Crippen molar-refractivity contribution in [3.8, 4) is 0 Å². The number of nitrogens with one attached hydrogen (secondary N) is 2. The number of hydrogen-bond donors (Lipinski definition) is 2. The molecule has 2 atom stereocenters. The number of alkyl halides is 2. The average molecular weight is 521 g/mol. The first-order valence-electron chi connectivity index (χ1n) is 9.87. The van der Waals surface area contributed by atoms with Gasteiger partial charge in [0, 0.05) is 32.7 Å². The van der Waals surface area contributed by atoms with Crippen molar-refractivity contribution < 1.29 is 9.59 Å². The minimum absolute atomic E-state index is 0.0873. The summed E-state index contributed by atoms with van der Waals surface area (Å²) in [5, 5.41) is 7.16. The molecule has 2 aromatic carbocycles. The lowest BCUT2D eigenvalue weighted by atomic mass is 9.93. The summed E-state index contributed by atoms with van der Waals surface area (Å²) >= 11 is 31.2. The third kappa shape index (κ3) is 5.09. The molecule has 0 aromatic heterocycles. The number of benzene rings is 2. The maximum atomic E-state index is 12.9. The maximum absolute atomic E-state index is 12.9. The van der Waals surface area contributed by atoms with Crippen LogP contribution in [0.3, 0.4) is 0 Å². The maximum Gasteiger partial charge on any atom is 0.231 e. The topological polar surface area (TPSA) is 58.2 Å². The van der Waals surface area contributed by atoms with Crippen LogP contribution in [0.2, 0.25) is 15.1 Å². The van der Waals surface area contributed by atoms with Gasteiger partial charge in [-0.2, -0.15) is 0 Å². The normalized spacial score (nSPS) is 21.8. The predicted molar refractivity (Wildman–Crippen MR) is 127 cm³/mol. The molecular formula is C22H19Cl5N2O2. The van der Waals surface area contributed by atoms with E-state index in [-0.39, 0.29) is 24.3 Å². The molecule has 0 aliphatic heterocycles. The summed E-state index contributed by atoms with van der Waals surface area (Å²) in [5.74, 6) is -1.53. The highest BCUT2D eigenvalue weighted by Crippen LogP contribution is 2.65. The van der Waals surface area contributed by atoms with Gasteiger partial charge in [-0.05, 0) is 66.8 Å². The van der Waals surface area contributed by atoms with Gasteiger partial charge < -0.3 is 10.6 Å². The Hall–Kier alpha value is -1.17. The molecule has 2 N–H and O–H groups in total. The number of halogens is 5. The first-order valence-corrected chi connectivity index (χ1v) is 11.8. The summed E-state index contributed by atoms with van der Waals surface area (Å²) in [6.07, 6.45) is 3.30. The lowest BCUT2D eigenvalue weighted by Crippen LogP contribution is -2.40. The second kappa shape index (κ2) is 8.99. The largest absolute Gasteiger partial charge is 0.353 e. The highest BCUT2D eigenvalue weighted by molar-refractivity contribution is 6.53. The van der Waals surface area contributed by atoms with Gasteiger partial charge in [0.15, 0.2) is 0 Å². The van der Waals surface area contributed by atoms with Crippen molar-refractivity contribution >= 4 is 75.5 Å². The molecule has 2 unspecified atom stereocenters. The van der Waals surface area contributed by atoms with Crippen molar-refractivity contribution in [1.82, 2.24) is 5.32 Å². The number of anilines is 1. The molecule has 2 aromatic rings. The van der Waals surface area contributed by atoms with Crippen LogP contribution in [-0.4, -0.2) is 22.2 Å². The Morgan fingerprint density at radius 1 is 1.00 bits per heavy atom. The van der Waals surface area contributed by atoms with Crippen molar-refractivity contribution in [3.05, 3.63) is 62.6 Å². The molecule has 2 saturated carbocycles. The summed E-state index contributed by atoms with van der Waals surface area (Å²) in [4.78, 5) is 25.1. The second-order valence-electron chi connectivity index (χ2n) is 8.00. The van der Waals surface area contributed by atoms with E-state index in [1.165, 1.54) is 0 Å². The molecule has 0 bridgehead atoms. The molecule has 2 aliphatic rings. The van der Waals surface area contributed by atoms with Gasteiger partial charge in [-0.3, -0.25) is 9.59 Å². The Morgan fingerprint density at radius 3 is 2.29 bits per heavy atom. The van der Waals surface area contributed by atoms with Gasteiger partial charge in [0.05, 0.1) is 12.3 Å². The number of amides is 2. The fourth-order valence-corrected chi connectivity index (χ4v) is 5.39. The summed E-state index contributed by atoms with van der Waals surface area (Å²) < 4.78 is -1.27. The molecule has 2 aliphatic carbocycles. The predicted octanol–water partition coefficient (Wildman–Crippen LogP) is 6.38. The van der Waals surface area contributed by atoms with Crippen LogP contribution in [0.25, 0.3) is 0 Å². The van der Waals surface area contributed by atoms with Gasteiger partial charge in [-0.1, -0.05) is 34.8 Å². The Kier molecular flexibility index (Phi) is 6.67. The fraction of sp³-hybridized carbons (Fsp3) is 0.364. The number of rotatable bonds is 6. The van der Waals surface area contributed by atoms with Gasteiger partial charge in [-0.15, -0.1) is 23.2 Å². The third-order valence-electron chi connectivity index (χ3n) is 5.71. The van der Waals surface area contributed by atoms with E-state index >= 15 is 0 Å². The molecule has 31 heavy (non-hydrogen) atoms. The average Bonchev–Trinajstić information content (AvgIpc) is 3.22. The molecule has 4 nitrogen and oxygen atoms in total. The van der Waals surface area contributed by atoms with Crippen molar-refractivity contribution in [2.24, 2.45) is 5.92 Å². The molecular weight excluding hydrogens is 502 g/mol. The molecule has 0 saturated heterocycles. The van der Waals surface area contributed by atoms with Gasteiger partial charge in [0.25, 0.3) is 0 Å². The number of carbonyl (C=O) groups is 2. The van der Waals surface area contributed by atoms with Crippen LogP contribution in [0.5, 0.6) is 0 Å². The molecule has 9 heteroatoms. The van der Waals surface area contributed by atoms with Crippen LogP contribution in [0, 0.1) is 5.92 Å². The molecule has 2 fully saturated rings. The van der Waals surface area contributed by atoms with Gasteiger partial charge in [0.1, 0.15) is 4.33 Å². The zero-order chi connectivity index (χ0) is 22.3.